The highest BCUT2D eigenvalue weighted by Gasteiger charge is 2.04. The van der Waals surface area contributed by atoms with Gasteiger partial charge in [-0.15, -0.1) is 0 Å². The van der Waals surface area contributed by atoms with Crippen molar-refractivity contribution < 1.29 is 14.6 Å². The summed E-state index contributed by atoms with van der Waals surface area (Å²) < 4.78 is 5.32. The minimum atomic E-state index is -0.439. The molecule has 2 amide bonds. The van der Waals surface area contributed by atoms with Crippen molar-refractivity contribution in [2.75, 3.05) is 12.0 Å². The van der Waals surface area contributed by atoms with Crippen molar-refractivity contribution in [2.24, 2.45) is 0 Å². The SMILES string of the molecule is O=C(NCOc1ccc(Cl)cc1Cl)Nc1ccc(O)cc1. The molecule has 0 spiro atoms. The van der Waals surface area contributed by atoms with Crippen LogP contribution in [-0.2, 0) is 0 Å². The molecule has 0 heterocycles. The molecule has 110 valence electrons. The number of carbonyl (C=O) groups excluding carboxylic acids is 1. The third-order valence-electron chi connectivity index (χ3n) is 2.48. The molecule has 21 heavy (non-hydrogen) atoms. The first-order chi connectivity index (χ1) is 10.0. The Morgan fingerprint density at radius 2 is 1.86 bits per heavy atom. The lowest BCUT2D eigenvalue weighted by Crippen LogP contribution is -2.32. The molecule has 0 saturated heterocycles. The molecule has 0 aliphatic carbocycles. The maximum absolute atomic E-state index is 11.6. The zero-order valence-corrected chi connectivity index (χ0v) is 12.3. The molecule has 5 nitrogen and oxygen atoms in total. The molecule has 0 bridgehead atoms. The molecule has 0 fully saturated rings. The standard InChI is InChI=1S/C14H12Cl2N2O3/c15-9-1-6-13(12(16)7-9)21-8-17-14(20)18-10-2-4-11(19)5-3-10/h1-7,19H,8H2,(H2,17,18,20). The number of anilines is 1. The molecule has 0 aliphatic rings. The van der Waals surface area contributed by atoms with Gasteiger partial charge >= 0.3 is 6.03 Å². The molecule has 7 heteroatoms. The highest BCUT2D eigenvalue weighted by Crippen LogP contribution is 2.27. The van der Waals surface area contributed by atoms with Gasteiger partial charge in [-0.05, 0) is 42.5 Å². The van der Waals surface area contributed by atoms with Crippen LogP contribution >= 0.6 is 23.2 Å². The van der Waals surface area contributed by atoms with Crippen molar-refractivity contribution >= 4 is 34.9 Å². The van der Waals surface area contributed by atoms with E-state index in [9.17, 15) is 4.79 Å². The number of hydrogen-bond donors (Lipinski definition) is 3. The van der Waals surface area contributed by atoms with Gasteiger partial charge in [-0.1, -0.05) is 23.2 Å². The molecule has 2 aromatic carbocycles. The van der Waals surface area contributed by atoms with E-state index in [1.165, 1.54) is 12.1 Å². The highest BCUT2D eigenvalue weighted by molar-refractivity contribution is 6.35. The molecular formula is C14H12Cl2N2O3. The summed E-state index contributed by atoms with van der Waals surface area (Å²) in [6.45, 7) is -0.0503. The average molecular weight is 327 g/mol. The molecule has 2 rings (SSSR count). The lowest BCUT2D eigenvalue weighted by Gasteiger charge is -2.10. The summed E-state index contributed by atoms with van der Waals surface area (Å²) in [5, 5.41) is 15.1. The number of ether oxygens (including phenoxy) is 1. The van der Waals surface area contributed by atoms with Crippen molar-refractivity contribution in [1.82, 2.24) is 5.32 Å². The maximum Gasteiger partial charge on any atom is 0.321 e. The van der Waals surface area contributed by atoms with Crippen LogP contribution in [-0.4, -0.2) is 17.9 Å². The van der Waals surface area contributed by atoms with Gasteiger partial charge in [0.05, 0.1) is 5.02 Å². The third kappa shape index (κ3) is 4.73. The van der Waals surface area contributed by atoms with Crippen molar-refractivity contribution in [2.45, 2.75) is 0 Å². The van der Waals surface area contributed by atoms with Crippen LogP contribution in [0.1, 0.15) is 0 Å². The maximum atomic E-state index is 11.6. The quantitative estimate of drug-likeness (QED) is 0.590. The Morgan fingerprint density at radius 1 is 1.14 bits per heavy atom. The second-order valence-corrected chi connectivity index (χ2v) is 4.88. The molecule has 0 aliphatic heterocycles. The minimum Gasteiger partial charge on any atom is -0.508 e. The van der Waals surface area contributed by atoms with Crippen LogP contribution in [0, 0.1) is 0 Å². The summed E-state index contributed by atoms with van der Waals surface area (Å²) in [4.78, 5) is 11.6. The predicted molar refractivity (Wildman–Crippen MR) is 82.2 cm³/mol. The van der Waals surface area contributed by atoms with Crippen molar-refractivity contribution in [3.8, 4) is 11.5 Å². The highest BCUT2D eigenvalue weighted by atomic mass is 35.5. The van der Waals surface area contributed by atoms with Crippen LogP contribution < -0.4 is 15.4 Å². The smallest absolute Gasteiger partial charge is 0.321 e. The van der Waals surface area contributed by atoms with Crippen LogP contribution in [0.15, 0.2) is 42.5 Å². The number of carbonyl (C=O) groups is 1. The zero-order chi connectivity index (χ0) is 15.2. The van der Waals surface area contributed by atoms with Gasteiger partial charge in [0, 0.05) is 10.7 Å². The van der Waals surface area contributed by atoms with Gasteiger partial charge in [-0.25, -0.2) is 4.79 Å². The Balaban J connectivity index is 1.80. The molecule has 0 aromatic heterocycles. The molecular weight excluding hydrogens is 315 g/mol. The lowest BCUT2D eigenvalue weighted by atomic mass is 10.3. The van der Waals surface area contributed by atoms with Crippen LogP contribution in [0.3, 0.4) is 0 Å². The number of nitrogens with one attached hydrogen (secondary N) is 2. The monoisotopic (exact) mass is 326 g/mol. The number of phenols is 1. The van der Waals surface area contributed by atoms with Gasteiger partial charge in [0.15, 0.2) is 6.73 Å². The van der Waals surface area contributed by atoms with Gasteiger partial charge in [0.1, 0.15) is 11.5 Å². The summed E-state index contributed by atoms with van der Waals surface area (Å²) in [5.74, 6) is 0.549. The van der Waals surface area contributed by atoms with E-state index in [4.69, 9.17) is 33.0 Å². The summed E-state index contributed by atoms with van der Waals surface area (Å²) in [7, 11) is 0. The summed E-state index contributed by atoms with van der Waals surface area (Å²) in [6, 6.07) is 10.5. The third-order valence-corrected chi connectivity index (χ3v) is 3.01. The first-order valence-electron chi connectivity index (χ1n) is 5.96. The second-order valence-electron chi connectivity index (χ2n) is 4.04. The van der Waals surface area contributed by atoms with Crippen molar-refractivity contribution in [1.29, 1.82) is 0 Å². The lowest BCUT2D eigenvalue weighted by molar-refractivity contribution is 0.234. The average Bonchev–Trinajstić information content (AvgIpc) is 2.44. The van der Waals surface area contributed by atoms with Crippen LogP contribution in [0.5, 0.6) is 11.5 Å². The van der Waals surface area contributed by atoms with E-state index in [2.05, 4.69) is 10.6 Å². The van der Waals surface area contributed by atoms with E-state index in [0.717, 1.165) is 0 Å². The number of phenolic OH excluding ortho intramolecular Hbond substituents is 1. The normalized spacial score (nSPS) is 10.0. The molecule has 3 N–H and O–H groups in total. The summed E-state index contributed by atoms with van der Waals surface area (Å²) >= 11 is 11.7. The van der Waals surface area contributed by atoms with Gasteiger partial charge in [-0.3, -0.25) is 0 Å². The fourth-order valence-electron chi connectivity index (χ4n) is 1.49. The largest absolute Gasteiger partial charge is 0.508 e. The Hall–Kier alpha value is -2.11. The first kappa shape index (κ1) is 15.3. The van der Waals surface area contributed by atoms with E-state index in [1.807, 2.05) is 0 Å². The van der Waals surface area contributed by atoms with Crippen molar-refractivity contribution in [3.63, 3.8) is 0 Å². The van der Waals surface area contributed by atoms with Gasteiger partial charge in [-0.2, -0.15) is 0 Å². The van der Waals surface area contributed by atoms with E-state index in [-0.39, 0.29) is 12.5 Å². The van der Waals surface area contributed by atoms with Gasteiger partial charge in [0.2, 0.25) is 0 Å². The number of benzene rings is 2. The number of amides is 2. The van der Waals surface area contributed by atoms with E-state index >= 15 is 0 Å². The summed E-state index contributed by atoms with van der Waals surface area (Å²) in [6.07, 6.45) is 0. The molecule has 0 unspecified atom stereocenters. The molecule has 2 aromatic rings. The fourth-order valence-corrected chi connectivity index (χ4v) is 1.95. The number of hydrogen-bond acceptors (Lipinski definition) is 3. The van der Waals surface area contributed by atoms with E-state index in [0.29, 0.717) is 21.5 Å². The van der Waals surface area contributed by atoms with E-state index in [1.54, 1.807) is 30.3 Å². The zero-order valence-electron chi connectivity index (χ0n) is 10.8. The van der Waals surface area contributed by atoms with Gasteiger partial charge < -0.3 is 20.5 Å². The van der Waals surface area contributed by atoms with Crippen molar-refractivity contribution in [3.05, 3.63) is 52.5 Å². The Labute approximate surface area is 131 Å². The topological polar surface area (TPSA) is 70.6 Å². The van der Waals surface area contributed by atoms with Crippen LogP contribution in [0.4, 0.5) is 10.5 Å². The fraction of sp³-hybridized carbons (Fsp3) is 0.0714. The van der Waals surface area contributed by atoms with Crippen LogP contribution in [0.2, 0.25) is 10.0 Å². The number of halogens is 2. The first-order valence-corrected chi connectivity index (χ1v) is 6.72. The number of urea groups is 1. The number of aromatic hydroxyl groups is 1. The molecule has 0 atom stereocenters. The molecule has 0 radical (unpaired) electrons. The Kier molecular flexibility index (Phi) is 5.14. The minimum absolute atomic E-state index is 0.0503. The van der Waals surface area contributed by atoms with Gasteiger partial charge in [0.25, 0.3) is 0 Å². The summed E-state index contributed by atoms with van der Waals surface area (Å²) in [5.41, 5.74) is 0.551. The van der Waals surface area contributed by atoms with E-state index < -0.39 is 6.03 Å². The second kappa shape index (κ2) is 7.06. The van der Waals surface area contributed by atoms with Crippen LogP contribution in [0.25, 0.3) is 0 Å². The molecule has 0 saturated carbocycles. The number of rotatable bonds is 4. The Morgan fingerprint density at radius 3 is 2.52 bits per heavy atom. The Bertz CT molecular complexity index is 633. The predicted octanol–water partition coefficient (Wildman–Crippen LogP) is 3.86.